The van der Waals surface area contributed by atoms with Gasteiger partial charge in [-0.05, 0) is 18.6 Å². The highest BCUT2D eigenvalue weighted by Crippen LogP contribution is 2.09. The summed E-state index contributed by atoms with van der Waals surface area (Å²) in [7, 11) is 0. The second-order valence-corrected chi connectivity index (χ2v) is 3.84. The predicted molar refractivity (Wildman–Crippen MR) is 66.7 cm³/mol. The molecule has 0 aliphatic rings. The average molecular weight is 248 g/mol. The zero-order chi connectivity index (χ0) is 13.1. The molecule has 0 saturated heterocycles. The number of imidazole rings is 1. The van der Waals surface area contributed by atoms with Crippen molar-refractivity contribution in [1.82, 2.24) is 9.66 Å². The molecule has 1 aromatic heterocycles. The van der Waals surface area contributed by atoms with Gasteiger partial charge in [0.1, 0.15) is 5.82 Å². The lowest BCUT2D eigenvalue weighted by atomic mass is 10.1. The molecule has 1 aromatic carbocycles. The summed E-state index contributed by atoms with van der Waals surface area (Å²) in [6.07, 6.45) is 3.14. The van der Waals surface area contributed by atoms with E-state index in [0.29, 0.717) is 5.56 Å². The molecule has 1 heterocycles. The maximum atomic E-state index is 13.4. The van der Waals surface area contributed by atoms with Gasteiger partial charge in [-0.25, -0.2) is 14.1 Å². The number of anilines is 1. The summed E-state index contributed by atoms with van der Waals surface area (Å²) in [5.74, 6) is -0.188. The van der Waals surface area contributed by atoms with Crippen LogP contribution in [0.5, 0.6) is 0 Å². The number of hydrogen-bond acceptors (Lipinski definition) is 4. The first-order valence-corrected chi connectivity index (χ1v) is 5.35. The Morgan fingerprint density at radius 1 is 1.56 bits per heavy atom. The molecule has 18 heavy (non-hydrogen) atoms. The second-order valence-electron chi connectivity index (χ2n) is 3.84. The Bertz CT molecular complexity index is 592. The summed E-state index contributed by atoms with van der Waals surface area (Å²) in [5, 5.41) is 12.9. The third-order valence-corrected chi connectivity index (χ3v) is 2.41. The molecule has 5 nitrogen and oxygen atoms in total. The molecular weight excluding hydrogens is 235 g/mol. The first kappa shape index (κ1) is 12.3. The van der Waals surface area contributed by atoms with E-state index in [1.165, 1.54) is 23.0 Å². The summed E-state index contributed by atoms with van der Waals surface area (Å²) in [4.78, 5) is 3.99. The van der Waals surface area contributed by atoms with Gasteiger partial charge in [0.2, 0.25) is 5.95 Å². The van der Waals surface area contributed by atoms with Gasteiger partial charge in [-0.1, -0.05) is 12.1 Å². The van der Waals surface area contributed by atoms with E-state index in [-0.39, 0.29) is 18.1 Å². The molecule has 0 bridgehead atoms. The molecule has 6 heteroatoms. The van der Waals surface area contributed by atoms with Crippen molar-refractivity contribution >= 4 is 12.2 Å². The lowest BCUT2D eigenvalue weighted by Crippen LogP contribution is -1.97. The highest BCUT2D eigenvalue weighted by atomic mass is 19.1. The molecule has 0 aliphatic heterocycles. The Kier molecular flexibility index (Phi) is 3.38. The lowest BCUT2D eigenvalue weighted by Gasteiger charge is -2.00. The Morgan fingerprint density at radius 2 is 2.33 bits per heavy atom. The summed E-state index contributed by atoms with van der Waals surface area (Å²) in [6.45, 7) is 1.48. The normalized spacial score (nSPS) is 11.3. The number of nitrogens with zero attached hydrogens (tertiary/aromatic N) is 3. The molecule has 3 N–H and O–H groups in total. The minimum atomic E-state index is -0.462. The SMILES string of the molecule is Cc1cn(N=Cc2ccc(CO)c(F)c2)c(N)n1. The number of aryl methyl sites for hydroxylation is 1. The van der Waals surface area contributed by atoms with Crippen molar-refractivity contribution in [2.75, 3.05) is 5.73 Å². The fraction of sp³-hybridized carbons (Fsp3) is 0.167. The molecule has 0 fully saturated rings. The maximum absolute atomic E-state index is 13.4. The van der Waals surface area contributed by atoms with Gasteiger partial charge in [0.25, 0.3) is 0 Å². The largest absolute Gasteiger partial charge is 0.392 e. The minimum Gasteiger partial charge on any atom is -0.392 e. The highest BCUT2D eigenvalue weighted by molar-refractivity contribution is 5.79. The third-order valence-electron chi connectivity index (χ3n) is 2.41. The monoisotopic (exact) mass is 248 g/mol. The Morgan fingerprint density at radius 3 is 2.89 bits per heavy atom. The Hall–Kier alpha value is -2.21. The molecule has 0 atom stereocenters. The molecule has 0 radical (unpaired) electrons. The van der Waals surface area contributed by atoms with Gasteiger partial charge in [-0.3, -0.25) is 0 Å². The van der Waals surface area contributed by atoms with Gasteiger partial charge in [0, 0.05) is 5.56 Å². The molecule has 94 valence electrons. The lowest BCUT2D eigenvalue weighted by molar-refractivity contribution is 0.276. The summed E-state index contributed by atoms with van der Waals surface area (Å²) in [5.41, 5.74) is 7.20. The highest BCUT2D eigenvalue weighted by Gasteiger charge is 2.02. The minimum absolute atomic E-state index is 0.255. The number of aromatic nitrogens is 2. The molecule has 0 aliphatic carbocycles. The van der Waals surface area contributed by atoms with Crippen LogP contribution >= 0.6 is 0 Å². The van der Waals surface area contributed by atoms with Crippen molar-refractivity contribution in [2.45, 2.75) is 13.5 Å². The van der Waals surface area contributed by atoms with Crippen LogP contribution < -0.4 is 5.73 Å². The molecule has 2 rings (SSSR count). The first-order valence-electron chi connectivity index (χ1n) is 5.35. The number of rotatable bonds is 3. The van der Waals surface area contributed by atoms with Crippen molar-refractivity contribution in [3.05, 3.63) is 47.0 Å². The van der Waals surface area contributed by atoms with Gasteiger partial charge in [-0.15, -0.1) is 0 Å². The summed E-state index contributed by atoms with van der Waals surface area (Å²) in [6, 6.07) is 4.48. The summed E-state index contributed by atoms with van der Waals surface area (Å²) >= 11 is 0. The van der Waals surface area contributed by atoms with Crippen LogP contribution in [-0.4, -0.2) is 21.0 Å². The second kappa shape index (κ2) is 4.97. The predicted octanol–water partition coefficient (Wildman–Crippen LogP) is 1.29. The van der Waals surface area contributed by atoms with Crippen LogP contribution in [0.25, 0.3) is 0 Å². The van der Waals surface area contributed by atoms with E-state index in [0.717, 1.165) is 5.69 Å². The van der Waals surface area contributed by atoms with Crippen LogP contribution in [0.15, 0.2) is 29.5 Å². The van der Waals surface area contributed by atoms with E-state index < -0.39 is 5.82 Å². The van der Waals surface area contributed by atoms with E-state index >= 15 is 0 Å². The first-order chi connectivity index (χ1) is 8.60. The number of nitrogens with two attached hydrogens (primary N) is 1. The molecule has 2 aromatic rings. The summed E-state index contributed by atoms with van der Waals surface area (Å²) < 4.78 is 14.8. The molecule has 0 amide bonds. The van der Waals surface area contributed by atoms with Crippen LogP contribution in [0.1, 0.15) is 16.8 Å². The van der Waals surface area contributed by atoms with Crippen molar-refractivity contribution in [1.29, 1.82) is 0 Å². The number of aliphatic hydroxyl groups is 1. The van der Waals surface area contributed by atoms with E-state index in [9.17, 15) is 4.39 Å². The standard InChI is InChI=1S/C12H13FN4O/c1-8-6-17(12(14)16-8)15-5-9-2-3-10(7-18)11(13)4-9/h2-6,18H,7H2,1H3,(H2,14,16). The van der Waals surface area contributed by atoms with Crippen LogP contribution in [0.4, 0.5) is 10.3 Å². The van der Waals surface area contributed by atoms with Gasteiger partial charge < -0.3 is 10.8 Å². The van der Waals surface area contributed by atoms with E-state index in [2.05, 4.69) is 10.1 Å². The number of hydrogen-bond donors (Lipinski definition) is 2. The van der Waals surface area contributed by atoms with Crippen molar-refractivity contribution < 1.29 is 9.50 Å². The molecule has 0 saturated carbocycles. The van der Waals surface area contributed by atoms with Crippen molar-refractivity contribution in [3.8, 4) is 0 Å². The van der Waals surface area contributed by atoms with Gasteiger partial charge in [0.15, 0.2) is 0 Å². The third kappa shape index (κ3) is 2.54. The molecule has 0 unspecified atom stereocenters. The van der Waals surface area contributed by atoms with Gasteiger partial charge in [0.05, 0.1) is 24.7 Å². The van der Waals surface area contributed by atoms with E-state index in [1.54, 1.807) is 19.2 Å². The van der Waals surface area contributed by atoms with Crippen LogP contribution in [0.3, 0.4) is 0 Å². The Balaban J connectivity index is 2.24. The van der Waals surface area contributed by atoms with Crippen LogP contribution in [0.2, 0.25) is 0 Å². The number of benzene rings is 1. The van der Waals surface area contributed by atoms with Crippen LogP contribution in [0, 0.1) is 12.7 Å². The quantitative estimate of drug-likeness (QED) is 0.803. The van der Waals surface area contributed by atoms with E-state index in [4.69, 9.17) is 10.8 Å². The number of aliphatic hydroxyl groups excluding tert-OH is 1. The van der Waals surface area contributed by atoms with E-state index in [1.807, 2.05) is 0 Å². The topological polar surface area (TPSA) is 76.4 Å². The fourth-order valence-electron chi connectivity index (χ4n) is 1.50. The molecular formula is C12H13FN4O. The van der Waals surface area contributed by atoms with Crippen molar-refractivity contribution in [2.24, 2.45) is 5.10 Å². The van der Waals surface area contributed by atoms with Gasteiger partial charge >= 0.3 is 0 Å². The number of nitrogen functional groups attached to an aromatic ring is 1. The van der Waals surface area contributed by atoms with Crippen LogP contribution in [-0.2, 0) is 6.61 Å². The number of halogens is 1. The Labute approximate surface area is 103 Å². The maximum Gasteiger partial charge on any atom is 0.221 e. The zero-order valence-corrected chi connectivity index (χ0v) is 9.84. The van der Waals surface area contributed by atoms with Gasteiger partial charge in [-0.2, -0.15) is 5.10 Å². The van der Waals surface area contributed by atoms with Crippen molar-refractivity contribution in [3.63, 3.8) is 0 Å². The average Bonchev–Trinajstić information content (AvgIpc) is 2.65. The molecule has 0 spiro atoms. The smallest absolute Gasteiger partial charge is 0.221 e. The zero-order valence-electron chi connectivity index (χ0n) is 9.84. The fourth-order valence-corrected chi connectivity index (χ4v) is 1.50.